The summed E-state index contributed by atoms with van der Waals surface area (Å²) < 4.78 is 32.5. The SMILES string of the molecule is Cc1cc(C=O)cc(C=O)c1OCCCC(c1ccc(F)cc1)c1ccc(F)cc1. The maximum atomic E-state index is 13.3. The normalized spacial score (nSPS) is 10.8. The fourth-order valence-electron chi connectivity index (χ4n) is 3.56. The molecule has 0 saturated carbocycles. The summed E-state index contributed by atoms with van der Waals surface area (Å²) in [5, 5.41) is 0. The van der Waals surface area contributed by atoms with E-state index in [4.69, 9.17) is 4.74 Å². The molecule has 3 nitrogen and oxygen atoms in total. The quantitative estimate of drug-likeness (QED) is 0.328. The number of aldehydes is 2. The molecule has 30 heavy (non-hydrogen) atoms. The zero-order chi connectivity index (χ0) is 21.5. The van der Waals surface area contributed by atoms with Gasteiger partial charge in [-0.05, 0) is 72.9 Å². The Hall–Kier alpha value is -3.34. The summed E-state index contributed by atoms with van der Waals surface area (Å²) in [7, 11) is 0. The van der Waals surface area contributed by atoms with Crippen molar-refractivity contribution in [3.8, 4) is 5.75 Å². The van der Waals surface area contributed by atoms with Crippen molar-refractivity contribution < 1.29 is 23.1 Å². The van der Waals surface area contributed by atoms with Gasteiger partial charge in [0.15, 0.2) is 6.29 Å². The van der Waals surface area contributed by atoms with Gasteiger partial charge in [0.1, 0.15) is 23.7 Å². The van der Waals surface area contributed by atoms with E-state index in [1.54, 1.807) is 37.3 Å². The van der Waals surface area contributed by atoms with Crippen LogP contribution in [0.4, 0.5) is 8.78 Å². The lowest BCUT2D eigenvalue weighted by Crippen LogP contribution is -2.07. The van der Waals surface area contributed by atoms with Crippen LogP contribution in [0.1, 0.15) is 56.2 Å². The Kier molecular flexibility index (Phi) is 7.07. The summed E-state index contributed by atoms with van der Waals surface area (Å²) in [5.74, 6) is -0.194. The van der Waals surface area contributed by atoms with Crippen molar-refractivity contribution in [1.82, 2.24) is 0 Å². The second kappa shape index (κ2) is 9.92. The van der Waals surface area contributed by atoms with Crippen LogP contribution in [0.25, 0.3) is 0 Å². The Morgan fingerprint density at radius 2 is 1.43 bits per heavy atom. The second-order valence-electron chi connectivity index (χ2n) is 7.14. The lowest BCUT2D eigenvalue weighted by atomic mass is 9.87. The van der Waals surface area contributed by atoms with Gasteiger partial charge < -0.3 is 4.74 Å². The van der Waals surface area contributed by atoms with Gasteiger partial charge >= 0.3 is 0 Å². The standard InChI is InChI=1S/C25H22F2O3/c1-17-13-18(15-28)14-21(16-29)25(17)30-12-2-3-24(19-4-8-22(26)9-5-19)20-6-10-23(27)11-7-20/h4-11,13-16,24H,2-3,12H2,1H3. The van der Waals surface area contributed by atoms with Crippen LogP contribution in [0.3, 0.4) is 0 Å². The fraction of sp³-hybridized carbons (Fsp3) is 0.200. The number of ether oxygens (including phenoxy) is 1. The number of aryl methyl sites for hydroxylation is 1. The third kappa shape index (κ3) is 5.17. The van der Waals surface area contributed by atoms with Crippen LogP contribution < -0.4 is 4.74 Å². The Bertz CT molecular complexity index is 966. The predicted octanol–water partition coefficient (Wildman–Crippen LogP) is 5.89. The van der Waals surface area contributed by atoms with Crippen molar-refractivity contribution >= 4 is 12.6 Å². The number of rotatable bonds is 9. The lowest BCUT2D eigenvalue weighted by Gasteiger charge is -2.19. The van der Waals surface area contributed by atoms with E-state index >= 15 is 0 Å². The first-order chi connectivity index (χ1) is 14.5. The molecule has 0 aliphatic heterocycles. The van der Waals surface area contributed by atoms with Crippen molar-refractivity contribution in [1.29, 1.82) is 0 Å². The molecule has 0 unspecified atom stereocenters. The molecule has 0 fully saturated rings. The predicted molar refractivity (Wildman–Crippen MR) is 111 cm³/mol. The van der Waals surface area contributed by atoms with Crippen LogP contribution in [0.2, 0.25) is 0 Å². The van der Waals surface area contributed by atoms with Gasteiger partial charge in [-0.15, -0.1) is 0 Å². The molecule has 0 heterocycles. The molecule has 5 heteroatoms. The summed E-state index contributed by atoms with van der Waals surface area (Å²) in [6, 6.07) is 15.8. The highest BCUT2D eigenvalue weighted by Gasteiger charge is 2.15. The summed E-state index contributed by atoms with van der Waals surface area (Å²) in [4.78, 5) is 22.3. The highest BCUT2D eigenvalue weighted by Crippen LogP contribution is 2.30. The van der Waals surface area contributed by atoms with Crippen LogP contribution in [0, 0.1) is 18.6 Å². The monoisotopic (exact) mass is 408 g/mol. The summed E-state index contributed by atoms with van der Waals surface area (Å²) in [5.41, 5.74) is 3.35. The molecule has 0 bridgehead atoms. The number of carbonyl (C=O) groups is 2. The topological polar surface area (TPSA) is 43.4 Å². The highest BCUT2D eigenvalue weighted by molar-refractivity contribution is 5.86. The Labute approximate surface area is 174 Å². The first kappa shape index (κ1) is 21.4. The summed E-state index contributed by atoms with van der Waals surface area (Å²) in [6.45, 7) is 2.15. The minimum Gasteiger partial charge on any atom is -0.493 e. The number of carbonyl (C=O) groups excluding carboxylic acids is 2. The van der Waals surface area contributed by atoms with Crippen LogP contribution in [0.15, 0.2) is 60.7 Å². The first-order valence-corrected chi connectivity index (χ1v) is 9.70. The molecule has 0 amide bonds. The van der Waals surface area contributed by atoms with Crippen molar-refractivity contribution in [3.05, 3.63) is 100 Å². The van der Waals surface area contributed by atoms with Gasteiger partial charge in [-0.1, -0.05) is 24.3 Å². The smallest absolute Gasteiger partial charge is 0.153 e. The zero-order valence-corrected chi connectivity index (χ0v) is 16.6. The molecule has 0 radical (unpaired) electrons. The minimum atomic E-state index is -0.310. The van der Waals surface area contributed by atoms with Gasteiger partial charge in [0.05, 0.1) is 12.2 Å². The minimum absolute atomic E-state index is 0.0427. The van der Waals surface area contributed by atoms with Crippen LogP contribution in [0.5, 0.6) is 5.75 Å². The maximum Gasteiger partial charge on any atom is 0.153 e. The molecule has 0 aromatic heterocycles. The zero-order valence-electron chi connectivity index (χ0n) is 16.6. The van der Waals surface area contributed by atoms with Crippen LogP contribution in [-0.4, -0.2) is 19.2 Å². The average Bonchev–Trinajstić information content (AvgIpc) is 2.76. The molecule has 0 aliphatic rings. The third-order valence-electron chi connectivity index (χ3n) is 5.02. The molecule has 154 valence electrons. The van der Waals surface area contributed by atoms with Crippen molar-refractivity contribution in [2.24, 2.45) is 0 Å². The van der Waals surface area contributed by atoms with E-state index in [9.17, 15) is 18.4 Å². The molecule has 0 saturated heterocycles. The van der Waals surface area contributed by atoms with E-state index < -0.39 is 0 Å². The maximum absolute atomic E-state index is 13.3. The van der Waals surface area contributed by atoms with Crippen molar-refractivity contribution in [2.75, 3.05) is 6.61 Å². The average molecular weight is 408 g/mol. The van der Waals surface area contributed by atoms with Gasteiger partial charge in [0.25, 0.3) is 0 Å². The van der Waals surface area contributed by atoms with E-state index in [-0.39, 0.29) is 17.6 Å². The van der Waals surface area contributed by atoms with Gasteiger partial charge in [-0.2, -0.15) is 0 Å². The van der Waals surface area contributed by atoms with Gasteiger partial charge in [0, 0.05) is 11.5 Å². The number of halogens is 2. The molecular weight excluding hydrogens is 386 g/mol. The summed E-state index contributed by atoms with van der Waals surface area (Å²) >= 11 is 0. The second-order valence-corrected chi connectivity index (χ2v) is 7.14. The lowest BCUT2D eigenvalue weighted by molar-refractivity contribution is 0.111. The molecule has 3 aromatic carbocycles. The van der Waals surface area contributed by atoms with E-state index in [1.165, 1.54) is 30.3 Å². The number of hydrogen-bond acceptors (Lipinski definition) is 3. The molecule has 0 atom stereocenters. The Morgan fingerprint density at radius 1 is 0.867 bits per heavy atom. The van der Waals surface area contributed by atoms with Crippen LogP contribution in [-0.2, 0) is 0 Å². The van der Waals surface area contributed by atoms with E-state index in [0.29, 0.717) is 48.9 Å². The van der Waals surface area contributed by atoms with Crippen molar-refractivity contribution in [2.45, 2.75) is 25.7 Å². The largest absolute Gasteiger partial charge is 0.493 e. The highest BCUT2D eigenvalue weighted by atomic mass is 19.1. The van der Waals surface area contributed by atoms with Gasteiger partial charge in [-0.25, -0.2) is 8.78 Å². The fourth-order valence-corrected chi connectivity index (χ4v) is 3.56. The number of hydrogen-bond donors (Lipinski definition) is 0. The third-order valence-corrected chi connectivity index (χ3v) is 5.02. The van der Waals surface area contributed by atoms with Gasteiger partial charge in [0.2, 0.25) is 0 Å². The van der Waals surface area contributed by atoms with E-state index in [0.717, 1.165) is 16.7 Å². The molecule has 3 aromatic rings. The van der Waals surface area contributed by atoms with Gasteiger partial charge in [-0.3, -0.25) is 9.59 Å². The van der Waals surface area contributed by atoms with Crippen molar-refractivity contribution in [3.63, 3.8) is 0 Å². The molecule has 0 N–H and O–H groups in total. The first-order valence-electron chi connectivity index (χ1n) is 9.70. The van der Waals surface area contributed by atoms with E-state index in [2.05, 4.69) is 0 Å². The number of benzene rings is 3. The Balaban J connectivity index is 1.72. The molecule has 3 rings (SSSR count). The molecular formula is C25H22F2O3. The van der Waals surface area contributed by atoms with Crippen LogP contribution >= 0.6 is 0 Å². The Morgan fingerprint density at radius 3 is 1.93 bits per heavy atom. The summed E-state index contributed by atoms with van der Waals surface area (Å²) in [6.07, 6.45) is 2.72. The molecule has 0 aliphatic carbocycles. The van der Waals surface area contributed by atoms with E-state index in [1.807, 2.05) is 0 Å². The molecule has 0 spiro atoms.